The van der Waals surface area contributed by atoms with Crippen molar-refractivity contribution in [2.24, 2.45) is 5.92 Å². The molecule has 0 bridgehead atoms. The van der Waals surface area contributed by atoms with Gasteiger partial charge in [-0.05, 0) is 19.8 Å². The maximum atomic E-state index is 8.78. The minimum absolute atomic E-state index is 0.0870. The molecule has 3 unspecified atom stereocenters. The smallest absolute Gasteiger partial charge is 0.0672 e. The van der Waals surface area contributed by atoms with Gasteiger partial charge in [0.05, 0.1) is 18.0 Å². The highest BCUT2D eigenvalue weighted by Gasteiger charge is 2.27. The van der Waals surface area contributed by atoms with E-state index in [1.807, 2.05) is 6.92 Å². The van der Waals surface area contributed by atoms with Gasteiger partial charge in [-0.15, -0.1) is 6.42 Å². The van der Waals surface area contributed by atoms with Gasteiger partial charge in [0.1, 0.15) is 0 Å². The summed E-state index contributed by atoms with van der Waals surface area (Å²) in [4.78, 5) is 0. The van der Waals surface area contributed by atoms with Crippen LogP contribution in [0.15, 0.2) is 0 Å². The number of rotatable bonds is 2. The molecule has 2 heteroatoms. The van der Waals surface area contributed by atoms with Crippen molar-refractivity contribution in [3.8, 4) is 18.4 Å². The molecule has 1 aliphatic rings. The van der Waals surface area contributed by atoms with Crippen LogP contribution in [0.2, 0.25) is 0 Å². The van der Waals surface area contributed by atoms with Gasteiger partial charge in [0.2, 0.25) is 0 Å². The van der Waals surface area contributed by atoms with Crippen molar-refractivity contribution in [1.29, 1.82) is 5.26 Å². The van der Waals surface area contributed by atoms with Crippen molar-refractivity contribution in [1.82, 2.24) is 5.32 Å². The van der Waals surface area contributed by atoms with E-state index in [2.05, 4.69) is 17.3 Å². The largest absolute Gasteiger partial charge is 0.300 e. The van der Waals surface area contributed by atoms with Gasteiger partial charge >= 0.3 is 0 Å². The van der Waals surface area contributed by atoms with Gasteiger partial charge in [0.15, 0.2) is 0 Å². The summed E-state index contributed by atoms with van der Waals surface area (Å²) in [7, 11) is 0. The Hall–Kier alpha value is -0.990. The first-order valence-corrected chi connectivity index (χ1v) is 4.39. The van der Waals surface area contributed by atoms with Crippen LogP contribution < -0.4 is 5.32 Å². The zero-order valence-corrected chi connectivity index (χ0v) is 7.38. The summed E-state index contributed by atoms with van der Waals surface area (Å²) in [6, 6.07) is 2.72. The second-order valence-corrected chi connectivity index (χ2v) is 3.33. The lowest BCUT2D eigenvalue weighted by molar-refractivity contribution is 0.449. The predicted molar refractivity (Wildman–Crippen MR) is 48.2 cm³/mol. The SMILES string of the molecule is C#CC(C)NC1CCCC1C#N. The third kappa shape index (κ3) is 2.00. The zero-order valence-electron chi connectivity index (χ0n) is 7.38. The van der Waals surface area contributed by atoms with E-state index in [4.69, 9.17) is 11.7 Å². The molecule has 0 heterocycles. The Balaban J connectivity index is 2.43. The van der Waals surface area contributed by atoms with E-state index in [9.17, 15) is 0 Å². The monoisotopic (exact) mass is 162 g/mol. The lowest BCUT2D eigenvalue weighted by atomic mass is 10.1. The standard InChI is InChI=1S/C10H14N2/c1-3-8(2)12-10-6-4-5-9(10)7-11/h1,8-10,12H,4-6H2,2H3. The van der Waals surface area contributed by atoms with E-state index in [-0.39, 0.29) is 12.0 Å². The lowest BCUT2D eigenvalue weighted by Crippen LogP contribution is -2.37. The van der Waals surface area contributed by atoms with E-state index in [1.54, 1.807) is 0 Å². The van der Waals surface area contributed by atoms with Crippen LogP contribution in [0.5, 0.6) is 0 Å². The van der Waals surface area contributed by atoms with E-state index in [1.165, 1.54) is 0 Å². The molecule has 1 saturated carbocycles. The second kappa shape index (κ2) is 4.14. The summed E-state index contributed by atoms with van der Waals surface area (Å²) >= 11 is 0. The Labute approximate surface area is 74.0 Å². The van der Waals surface area contributed by atoms with Crippen LogP contribution in [0.4, 0.5) is 0 Å². The summed E-state index contributed by atoms with van der Waals surface area (Å²) in [5.74, 6) is 2.78. The van der Waals surface area contributed by atoms with E-state index in [0.717, 1.165) is 19.3 Å². The Bertz CT molecular complexity index is 221. The lowest BCUT2D eigenvalue weighted by Gasteiger charge is -2.17. The normalized spacial score (nSPS) is 30.6. The van der Waals surface area contributed by atoms with Crippen LogP contribution in [-0.2, 0) is 0 Å². The topological polar surface area (TPSA) is 35.8 Å². The summed E-state index contributed by atoms with van der Waals surface area (Å²) in [6.07, 6.45) is 8.49. The first-order valence-electron chi connectivity index (χ1n) is 4.39. The number of nitrogens with one attached hydrogen (secondary N) is 1. The molecule has 12 heavy (non-hydrogen) atoms. The maximum Gasteiger partial charge on any atom is 0.0672 e. The van der Waals surface area contributed by atoms with Crippen LogP contribution in [-0.4, -0.2) is 12.1 Å². The molecule has 0 spiro atoms. The van der Waals surface area contributed by atoms with E-state index < -0.39 is 0 Å². The van der Waals surface area contributed by atoms with Crippen LogP contribution in [0.1, 0.15) is 26.2 Å². The molecule has 0 aromatic carbocycles. The number of hydrogen-bond donors (Lipinski definition) is 1. The average Bonchev–Trinajstić information content (AvgIpc) is 2.51. The fourth-order valence-electron chi connectivity index (χ4n) is 1.68. The van der Waals surface area contributed by atoms with Gasteiger partial charge in [0.25, 0.3) is 0 Å². The minimum atomic E-state index is 0.0870. The van der Waals surface area contributed by atoms with E-state index in [0.29, 0.717) is 6.04 Å². The van der Waals surface area contributed by atoms with Gasteiger partial charge in [-0.25, -0.2) is 0 Å². The van der Waals surface area contributed by atoms with Crippen molar-refractivity contribution in [2.75, 3.05) is 0 Å². The molecule has 0 radical (unpaired) electrons. The Morgan fingerprint density at radius 2 is 2.33 bits per heavy atom. The zero-order chi connectivity index (χ0) is 8.97. The molecule has 0 aromatic rings. The fourth-order valence-corrected chi connectivity index (χ4v) is 1.68. The molecule has 3 atom stereocenters. The first-order chi connectivity index (χ1) is 5.77. The van der Waals surface area contributed by atoms with Crippen molar-refractivity contribution in [2.45, 2.75) is 38.3 Å². The highest BCUT2D eigenvalue weighted by Crippen LogP contribution is 2.24. The van der Waals surface area contributed by atoms with Gasteiger partial charge in [0, 0.05) is 6.04 Å². The Morgan fingerprint density at radius 1 is 1.58 bits per heavy atom. The number of nitrogens with zero attached hydrogens (tertiary/aromatic N) is 1. The molecule has 0 saturated heterocycles. The van der Waals surface area contributed by atoms with Crippen LogP contribution in [0.25, 0.3) is 0 Å². The van der Waals surface area contributed by atoms with Crippen molar-refractivity contribution >= 4 is 0 Å². The van der Waals surface area contributed by atoms with Crippen LogP contribution >= 0.6 is 0 Å². The molecule has 2 nitrogen and oxygen atoms in total. The third-order valence-corrected chi connectivity index (χ3v) is 2.40. The molecular weight excluding hydrogens is 148 g/mol. The molecule has 1 fully saturated rings. The molecule has 64 valence electrons. The van der Waals surface area contributed by atoms with Crippen molar-refractivity contribution in [3.63, 3.8) is 0 Å². The van der Waals surface area contributed by atoms with Gasteiger partial charge < -0.3 is 0 Å². The van der Waals surface area contributed by atoms with Crippen LogP contribution in [0, 0.1) is 29.6 Å². The van der Waals surface area contributed by atoms with Crippen molar-refractivity contribution < 1.29 is 0 Å². The molecular formula is C10H14N2. The van der Waals surface area contributed by atoms with Gasteiger partial charge in [-0.2, -0.15) is 5.26 Å². The Kier molecular flexibility index (Phi) is 3.14. The molecule has 1 aliphatic carbocycles. The fraction of sp³-hybridized carbons (Fsp3) is 0.700. The maximum absolute atomic E-state index is 8.78. The molecule has 0 amide bonds. The molecule has 0 aromatic heterocycles. The quantitative estimate of drug-likeness (QED) is 0.621. The number of hydrogen-bond acceptors (Lipinski definition) is 2. The highest BCUT2D eigenvalue weighted by molar-refractivity contribution is 5.02. The third-order valence-electron chi connectivity index (χ3n) is 2.40. The summed E-state index contributed by atoms with van der Waals surface area (Å²) in [5, 5.41) is 12.1. The van der Waals surface area contributed by atoms with Gasteiger partial charge in [-0.1, -0.05) is 12.3 Å². The number of terminal acetylenes is 1. The summed E-state index contributed by atoms with van der Waals surface area (Å²) in [5.41, 5.74) is 0. The first kappa shape index (κ1) is 9.10. The highest BCUT2D eigenvalue weighted by atomic mass is 14.9. The average molecular weight is 162 g/mol. The Morgan fingerprint density at radius 3 is 2.92 bits per heavy atom. The minimum Gasteiger partial charge on any atom is -0.300 e. The molecule has 1 rings (SSSR count). The molecule has 1 N–H and O–H groups in total. The van der Waals surface area contributed by atoms with Crippen LogP contribution in [0.3, 0.4) is 0 Å². The van der Waals surface area contributed by atoms with Crippen molar-refractivity contribution in [3.05, 3.63) is 0 Å². The predicted octanol–water partition coefficient (Wildman–Crippen LogP) is 1.29. The summed E-state index contributed by atoms with van der Waals surface area (Å²) < 4.78 is 0. The van der Waals surface area contributed by atoms with Gasteiger partial charge in [-0.3, -0.25) is 5.32 Å². The second-order valence-electron chi connectivity index (χ2n) is 3.33. The molecule has 0 aliphatic heterocycles. The number of nitriles is 1. The van der Waals surface area contributed by atoms with E-state index >= 15 is 0 Å². The summed E-state index contributed by atoms with van der Waals surface area (Å²) in [6.45, 7) is 1.95.